The lowest BCUT2D eigenvalue weighted by Crippen LogP contribution is -2.14. The zero-order valence-corrected chi connectivity index (χ0v) is 20.3. The second kappa shape index (κ2) is 10.3. The summed E-state index contributed by atoms with van der Waals surface area (Å²) < 4.78 is 0. The Morgan fingerprint density at radius 3 is 2.62 bits per heavy atom. The first-order valence-electron chi connectivity index (χ1n) is 10.9. The maximum absolute atomic E-state index is 12.6. The van der Waals surface area contributed by atoms with Crippen LogP contribution in [-0.2, 0) is 11.2 Å². The summed E-state index contributed by atoms with van der Waals surface area (Å²) in [5.74, 6) is 0.261. The second-order valence-corrected chi connectivity index (χ2v) is 9.77. The first-order valence-corrected chi connectivity index (χ1v) is 12.7. The van der Waals surface area contributed by atoms with E-state index in [2.05, 4.69) is 71.8 Å². The Kier molecular flexibility index (Phi) is 7.22. The first kappa shape index (κ1) is 22.5. The van der Waals surface area contributed by atoms with Crippen molar-refractivity contribution in [1.29, 1.82) is 0 Å². The Bertz CT molecular complexity index is 1230. The number of amides is 1. The highest BCUT2D eigenvalue weighted by Crippen LogP contribution is 2.38. The van der Waals surface area contributed by atoms with Gasteiger partial charge in [-0.3, -0.25) is 4.79 Å². The minimum absolute atomic E-state index is 0.0361. The van der Waals surface area contributed by atoms with Crippen LogP contribution >= 0.6 is 23.1 Å². The van der Waals surface area contributed by atoms with Gasteiger partial charge in [-0.25, -0.2) is 9.97 Å². The zero-order chi connectivity index (χ0) is 22.5. The Morgan fingerprint density at radius 2 is 1.88 bits per heavy atom. The number of rotatable bonds is 8. The summed E-state index contributed by atoms with van der Waals surface area (Å²) in [5, 5.41) is 7.00. The van der Waals surface area contributed by atoms with E-state index in [0.29, 0.717) is 5.75 Å². The van der Waals surface area contributed by atoms with Crippen LogP contribution in [0, 0.1) is 13.8 Å². The van der Waals surface area contributed by atoms with Crippen molar-refractivity contribution in [3.05, 3.63) is 70.9 Å². The molecule has 0 bridgehead atoms. The van der Waals surface area contributed by atoms with Gasteiger partial charge in [0.25, 0.3) is 0 Å². The number of hydrogen-bond acceptors (Lipinski definition) is 5. The fourth-order valence-corrected chi connectivity index (χ4v) is 5.34. The quantitative estimate of drug-likeness (QED) is 0.226. The summed E-state index contributed by atoms with van der Waals surface area (Å²) in [6, 6.07) is 14.6. The van der Waals surface area contributed by atoms with Gasteiger partial charge in [-0.05, 0) is 61.1 Å². The molecule has 4 aromatic rings. The highest BCUT2D eigenvalue weighted by atomic mass is 32.2. The van der Waals surface area contributed by atoms with E-state index in [4.69, 9.17) is 0 Å². The number of carbonyl (C=O) groups is 1. The maximum Gasteiger partial charge on any atom is 0.234 e. The first-order chi connectivity index (χ1) is 15.5. The van der Waals surface area contributed by atoms with Crippen LogP contribution in [0.3, 0.4) is 0 Å². The molecule has 0 atom stereocenters. The van der Waals surface area contributed by atoms with E-state index in [0.717, 1.165) is 38.5 Å². The van der Waals surface area contributed by atoms with E-state index in [1.54, 1.807) is 17.7 Å². The molecule has 0 aliphatic rings. The van der Waals surface area contributed by atoms with Gasteiger partial charge < -0.3 is 5.32 Å². The van der Waals surface area contributed by atoms with Crippen molar-refractivity contribution in [2.45, 2.75) is 45.1 Å². The fraction of sp³-hybridized carbons (Fsp3) is 0.269. The third-order valence-electron chi connectivity index (χ3n) is 5.55. The third-order valence-corrected chi connectivity index (χ3v) is 7.43. The molecule has 0 saturated carbocycles. The van der Waals surface area contributed by atoms with Crippen LogP contribution in [0.5, 0.6) is 0 Å². The molecular weight excluding hydrogens is 434 g/mol. The average Bonchev–Trinajstić information content (AvgIpc) is 3.24. The number of nitrogens with one attached hydrogen (secondary N) is 1. The van der Waals surface area contributed by atoms with Crippen LogP contribution in [0.25, 0.3) is 21.3 Å². The van der Waals surface area contributed by atoms with Crippen molar-refractivity contribution in [3.8, 4) is 11.1 Å². The number of aryl methyl sites for hydroxylation is 3. The summed E-state index contributed by atoms with van der Waals surface area (Å²) in [4.78, 5) is 22.5. The smallest absolute Gasteiger partial charge is 0.234 e. The molecule has 2 aromatic heterocycles. The number of aromatic nitrogens is 2. The number of fused-ring (bicyclic) bond motifs is 1. The van der Waals surface area contributed by atoms with E-state index >= 15 is 0 Å². The molecular formula is C26H27N3OS2. The molecule has 32 heavy (non-hydrogen) atoms. The predicted octanol–water partition coefficient (Wildman–Crippen LogP) is 7.05. The van der Waals surface area contributed by atoms with Crippen LogP contribution in [0.1, 0.15) is 36.5 Å². The number of unbranched alkanes of at least 4 members (excludes halogenated alkanes) is 1. The molecule has 0 spiro atoms. The highest BCUT2D eigenvalue weighted by molar-refractivity contribution is 8.00. The lowest BCUT2D eigenvalue weighted by Gasteiger charge is -2.08. The van der Waals surface area contributed by atoms with E-state index in [9.17, 15) is 4.79 Å². The Morgan fingerprint density at radius 1 is 1.06 bits per heavy atom. The number of carbonyl (C=O) groups excluding carboxylic acids is 1. The van der Waals surface area contributed by atoms with Crippen molar-refractivity contribution in [3.63, 3.8) is 0 Å². The van der Waals surface area contributed by atoms with E-state index in [1.807, 2.05) is 12.1 Å². The Hall–Kier alpha value is -2.70. The van der Waals surface area contributed by atoms with Crippen molar-refractivity contribution in [2.75, 3.05) is 11.1 Å². The minimum atomic E-state index is -0.0361. The maximum atomic E-state index is 12.6. The molecule has 0 saturated heterocycles. The van der Waals surface area contributed by atoms with Crippen LogP contribution < -0.4 is 5.32 Å². The molecule has 0 unspecified atom stereocenters. The van der Waals surface area contributed by atoms with E-state index in [-0.39, 0.29) is 5.91 Å². The molecule has 1 N–H and O–H groups in total. The Balaban J connectivity index is 1.48. The third kappa shape index (κ3) is 5.19. The van der Waals surface area contributed by atoms with Gasteiger partial charge in [0.05, 0.1) is 11.1 Å². The van der Waals surface area contributed by atoms with Crippen LogP contribution in [-0.4, -0.2) is 21.6 Å². The summed E-state index contributed by atoms with van der Waals surface area (Å²) in [7, 11) is 0. The number of anilines is 1. The summed E-state index contributed by atoms with van der Waals surface area (Å²) in [5.41, 5.74) is 6.94. The number of hydrogen-bond donors (Lipinski definition) is 1. The Labute approximate surface area is 197 Å². The summed E-state index contributed by atoms with van der Waals surface area (Å²) >= 11 is 3.07. The molecule has 0 radical (unpaired) electrons. The predicted molar refractivity (Wildman–Crippen MR) is 137 cm³/mol. The summed E-state index contributed by atoms with van der Waals surface area (Å²) in [6.45, 7) is 6.44. The van der Waals surface area contributed by atoms with Crippen molar-refractivity contribution in [2.24, 2.45) is 0 Å². The van der Waals surface area contributed by atoms with Crippen molar-refractivity contribution < 1.29 is 4.79 Å². The van der Waals surface area contributed by atoms with Gasteiger partial charge in [0.15, 0.2) is 0 Å². The average molecular weight is 462 g/mol. The largest absolute Gasteiger partial charge is 0.325 e. The summed E-state index contributed by atoms with van der Waals surface area (Å²) in [6.07, 6.45) is 5.02. The van der Waals surface area contributed by atoms with E-state index in [1.165, 1.54) is 41.3 Å². The standard InChI is InChI=1S/C26H27N3OS2/c1-4-5-6-19-8-11-21(12-9-19)29-23(30)15-32-26-24-22(14-31-25(24)27-16-28-26)20-10-7-17(2)18(3)13-20/h7-14,16H,4-6,15H2,1-3H3,(H,29,30). The lowest BCUT2D eigenvalue weighted by atomic mass is 10.0. The van der Waals surface area contributed by atoms with Gasteiger partial charge in [-0.2, -0.15) is 0 Å². The van der Waals surface area contributed by atoms with Crippen LogP contribution in [0.4, 0.5) is 5.69 Å². The number of thioether (sulfide) groups is 1. The molecule has 0 fully saturated rings. The molecule has 2 heterocycles. The lowest BCUT2D eigenvalue weighted by molar-refractivity contribution is -0.113. The van der Waals surface area contributed by atoms with Crippen LogP contribution in [0.2, 0.25) is 0 Å². The van der Waals surface area contributed by atoms with Crippen molar-refractivity contribution in [1.82, 2.24) is 9.97 Å². The van der Waals surface area contributed by atoms with Gasteiger partial charge in [0, 0.05) is 16.6 Å². The van der Waals surface area contributed by atoms with Crippen molar-refractivity contribution >= 4 is 44.9 Å². The van der Waals surface area contributed by atoms with Gasteiger partial charge in [-0.1, -0.05) is 55.4 Å². The molecule has 0 aliphatic heterocycles. The molecule has 0 aliphatic carbocycles. The number of nitrogens with zero attached hydrogens (tertiary/aromatic N) is 2. The van der Waals surface area contributed by atoms with Gasteiger partial charge in [-0.15, -0.1) is 11.3 Å². The SMILES string of the molecule is CCCCc1ccc(NC(=O)CSc2ncnc3scc(-c4ccc(C)c(C)c4)c23)cc1. The highest BCUT2D eigenvalue weighted by Gasteiger charge is 2.15. The topological polar surface area (TPSA) is 54.9 Å². The van der Waals surface area contributed by atoms with E-state index < -0.39 is 0 Å². The monoisotopic (exact) mass is 461 g/mol. The number of thiophene rings is 1. The normalized spacial score (nSPS) is 11.1. The zero-order valence-electron chi connectivity index (χ0n) is 18.6. The molecule has 164 valence electrons. The molecule has 1 amide bonds. The molecule has 4 nitrogen and oxygen atoms in total. The molecule has 4 rings (SSSR count). The van der Waals surface area contributed by atoms with Gasteiger partial charge >= 0.3 is 0 Å². The molecule has 6 heteroatoms. The fourth-order valence-electron chi connectivity index (χ4n) is 3.55. The second-order valence-electron chi connectivity index (χ2n) is 7.94. The van der Waals surface area contributed by atoms with Gasteiger partial charge in [0.1, 0.15) is 16.2 Å². The van der Waals surface area contributed by atoms with Gasteiger partial charge in [0.2, 0.25) is 5.91 Å². The minimum Gasteiger partial charge on any atom is -0.325 e. The van der Waals surface area contributed by atoms with Crippen LogP contribution in [0.15, 0.2) is 59.2 Å². The number of benzene rings is 2. The molecule has 2 aromatic carbocycles.